The van der Waals surface area contributed by atoms with Gasteiger partial charge in [-0.25, -0.2) is 13.2 Å². The van der Waals surface area contributed by atoms with Crippen molar-refractivity contribution in [3.8, 4) is 0 Å². The molecule has 0 aliphatic heterocycles. The molecule has 4 heteroatoms. The Morgan fingerprint density at radius 2 is 1.47 bits per heavy atom. The summed E-state index contributed by atoms with van der Waals surface area (Å²) in [4.78, 5) is 0. The van der Waals surface area contributed by atoms with Crippen LogP contribution in [0.3, 0.4) is 0 Å². The van der Waals surface area contributed by atoms with Crippen molar-refractivity contribution in [2.24, 2.45) is 5.73 Å². The van der Waals surface area contributed by atoms with Gasteiger partial charge in [-0.1, -0.05) is 18.2 Å². The number of hydrogen-bond acceptors (Lipinski definition) is 1. The molecular formula is C15H14F3N. The van der Waals surface area contributed by atoms with E-state index in [0.29, 0.717) is 0 Å². The van der Waals surface area contributed by atoms with E-state index in [2.05, 4.69) is 0 Å². The van der Waals surface area contributed by atoms with Crippen LogP contribution in [0.4, 0.5) is 13.2 Å². The van der Waals surface area contributed by atoms with E-state index >= 15 is 0 Å². The molecule has 0 aliphatic rings. The third kappa shape index (κ3) is 3.15. The fourth-order valence-corrected chi connectivity index (χ4v) is 2.05. The monoisotopic (exact) mass is 265 g/mol. The van der Waals surface area contributed by atoms with Crippen LogP contribution in [0.15, 0.2) is 42.5 Å². The van der Waals surface area contributed by atoms with Gasteiger partial charge >= 0.3 is 0 Å². The Labute approximate surface area is 109 Å². The summed E-state index contributed by atoms with van der Waals surface area (Å²) in [5.41, 5.74) is 6.44. The standard InChI is InChI=1S/C15H14F3N/c16-12-6-4-10(5-7-12)11(9-19)8-13-14(17)2-1-3-15(13)18/h1-7,11H,8-9,19H2. The van der Waals surface area contributed by atoms with Gasteiger partial charge in [0.25, 0.3) is 0 Å². The Bertz CT molecular complexity index is 532. The van der Waals surface area contributed by atoms with Gasteiger partial charge in [0.1, 0.15) is 17.5 Å². The molecule has 1 nitrogen and oxygen atoms in total. The van der Waals surface area contributed by atoms with E-state index in [-0.39, 0.29) is 30.3 Å². The largest absolute Gasteiger partial charge is 0.330 e. The summed E-state index contributed by atoms with van der Waals surface area (Å²) in [5.74, 6) is -1.76. The average molecular weight is 265 g/mol. The molecule has 0 saturated carbocycles. The Kier molecular flexibility index (Phi) is 4.22. The van der Waals surface area contributed by atoms with Gasteiger partial charge in [0, 0.05) is 11.5 Å². The Morgan fingerprint density at radius 1 is 0.895 bits per heavy atom. The van der Waals surface area contributed by atoms with E-state index in [1.54, 1.807) is 12.1 Å². The van der Waals surface area contributed by atoms with Crippen molar-refractivity contribution < 1.29 is 13.2 Å². The van der Waals surface area contributed by atoms with E-state index in [0.717, 1.165) is 5.56 Å². The van der Waals surface area contributed by atoms with Crippen molar-refractivity contribution in [3.63, 3.8) is 0 Å². The van der Waals surface area contributed by atoms with Crippen molar-refractivity contribution in [1.82, 2.24) is 0 Å². The van der Waals surface area contributed by atoms with Crippen LogP contribution in [0.25, 0.3) is 0 Å². The number of nitrogens with two attached hydrogens (primary N) is 1. The predicted molar refractivity (Wildman–Crippen MR) is 68.3 cm³/mol. The van der Waals surface area contributed by atoms with Gasteiger partial charge in [-0.05, 0) is 42.8 Å². The maximum absolute atomic E-state index is 13.6. The number of hydrogen-bond donors (Lipinski definition) is 1. The lowest BCUT2D eigenvalue weighted by Gasteiger charge is -2.16. The molecule has 0 radical (unpaired) electrons. The quantitative estimate of drug-likeness (QED) is 0.901. The lowest BCUT2D eigenvalue weighted by atomic mass is 9.91. The van der Waals surface area contributed by atoms with Crippen molar-refractivity contribution in [2.45, 2.75) is 12.3 Å². The Hall–Kier alpha value is -1.81. The van der Waals surface area contributed by atoms with Gasteiger partial charge in [0.2, 0.25) is 0 Å². The molecular weight excluding hydrogens is 251 g/mol. The maximum atomic E-state index is 13.6. The summed E-state index contributed by atoms with van der Waals surface area (Å²) in [6.45, 7) is 0.236. The summed E-state index contributed by atoms with van der Waals surface area (Å²) in [6.07, 6.45) is 0.153. The first kappa shape index (κ1) is 13.6. The smallest absolute Gasteiger partial charge is 0.129 e. The second-order valence-corrected chi connectivity index (χ2v) is 4.39. The molecule has 0 aromatic heterocycles. The molecule has 0 aliphatic carbocycles. The van der Waals surface area contributed by atoms with Crippen molar-refractivity contribution in [1.29, 1.82) is 0 Å². The first-order valence-electron chi connectivity index (χ1n) is 6.00. The fraction of sp³-hybridized carbons (Fsp3) is 0.200. The van der Waals surface area contributed by atoms with Gasteiger partial charge in [-0.15, -0.1) is 0 Å². The third-order valence-corrected chi connectivity index (χ3v) is 3.14. The lowest BCUT2D eigenvalue weighted by molar-refractivity contribution is 0.537. The highest BCUT2D eigenvalue weighted by molar-refractivity contribution is 5.26. The topological polar surface area (TPSA) is 26.0 Å². The van der Waals surface area contributed by atoms with E-state index in [1.165, 1.54) is 30.3 Å². The van der Waals surface area contributed by atoms with E-state index in [9.17, 15) is 13.2 Å². The summed E-state index contributed by atoms with van der Waals surface area (Å²) < 4.78 is 40.0. The molecule has 2 aromatic carbocycles. The molecule has 19 heavy (non-hydrogen) atoms. The third-order valence-electron chi connectivity index (χ3n) is 3.14. The first-order valence-corrected chi connectivity index (χ1v) is 6.00. The van der Waals surface area contributed by atoms with Gasteiger partial charge in [0.15, 0.2) is 0 Å². The molecule has 0 heterocycles. The molecule has 0 bridgehead atoms. The van der Waals surface area contributed by atoms with Crippen LogP contribution in [0, 0.1) is 17.5 Å². The Morgan fingerprint density at radius 3 is 2.00 bits per heavy atom. The lowest BCUT2D eigenvalue weighted by Crippen LogP contribution is -2.16. The minimum absolute atomic E-state index is 0.0160. The van der Waals surface area contributed by atoms with Gasteiger partial charge < -0.3 is 5.73 Å². The van der Waals surface area contributed by atoms with E-state index in [1.807, 2.05) is 0 Å². The molecule has 1 atom stereocenters. The van der Waals surface area contributed by atoms with Crippen LogP contribution in [0.2, 0.25) is 0 Å². The Balaban J connectivity index is 2.26. The van der Waals surface area contributed by atoms with Crippen molar-refractivity contribution in [2.75, 3.05) is 6.54 Å². The minimum Gasteiger partial charge on any atom is -0.330 e. The molecule has 2 rings (SSSR count). The second kappa shape index (κ2) is 5.89. The molecule has 2 N–H and O–H groups in total. The van der Waals surface area contributed by atoms with Crippen LogP contribution >= 0.6 is 0 Å². The fourth-order valence-electron chi connectivity index (χ4n) is 2.05. The highest BCUT2D eigenvalue weighted by Gasteiger charge is 2.16. The first-order chi connectivity index (χ1) is 9.11. The molecule has 100 valence electrons. The normalized spacial score (nSPS) is 12.4. The maximum Gasteiger partial charge on any atom is 0.129 e. The van der Waals surface area contributed by atoms with Crippen molar-refractivity contribution >= 4 is 0 Å². The molecule has 2 aromatic rings. The number of rotatable bonds is 4. The number of halogens is 3. The summed E-state index contributed by atoms with van der Waals surface area (Å²) in [7, 11) is 0. The van der Waals surface area contributed by atoms with E-state index in [4.69, 9.17) is 5.73 Å². The van der Waals surface area contributed by atoms with E-state index < -0.39 is 11.6 Å². The van der Waals surface area contributed by atoms with Gasteiger partial charge in [-0.2, -0.15) is 0 Å². The summed E-state index contributed by atoms with van der Waals surface area (Å²) >= 11 is 0. The van der Waals surface area contributed by atoms with Crippen LogP contribution < -0.4 is 5.73 Å². The predicted octanol–water partition coefficient (Wildman–Crippen LogP) is 3.39. The van der Waals surface area contributed by atoms with Crippen LogP contribution in [0.5, 0.6) is 0 Å². The molecule has 0 amide bonds. The molecule has 0 spiro atoms. The average Bonchev–Trinajstić information content (AvgIpc) is 2.40. The number of benzene rings is 2. The zero-order chi connectivity index (χ0) is 13.8. The SMILES string of the molecule is NCC(Cc1c(F)cccc1F)c1ccc(F)cc1. The molecule has 0 saturated heterocycles. The van der Waals surface area contributed by atoms with Gasteiger partial charge in [0.05, 0.1) is 0 Å². The second-order valence-electron chi connectivity index (χ2n) is 4.39. The highest BCUT2D eigenvalue weighted by Crippen LogP contribution is 2.23. The van der Waals surface area contributed by atoms with Crippen LogP contribution in [-0.2, 0) is 6.42 Å². The molecule has 1 unspecified atom stereocenters. The minimum atomic E-state index is -0.583. The zero-order valence-electron chi connectivity index (χ0n) is 10.2. The van der Waals surface area contributed by atoms with Gasteiger partial charge in [-0.3, -0.25) is 0 Å². The summed E-state index contributed by atoms with van der Waals surface area (Å²) in [6, 6.07) is 9.57. The zero-order valence-corrected chi connectivity index (χ0v) is 10.2. The van der Waals surface area contributed by atoms with Crippen LogP contribution in [0.1, 0.15) is 17.0 Å². The highest BCUT2D eigenvalue weighted by atomic mass is 19.1. The summed E-state index contributed by atoms with van der Waals surface area (Å²) in [5, 5.41) is 0. The molecule has 0 fully saturated rings. The van der Waals surface area contributed by atoms with Crippen molar-refractivity contribution in [3.05, 3.63) is 71.0 Å². The van der Waals surface area contributed by atoms with Crippen LogP contribution in [-0.4, -0.2) is 6.54 Å².